The monoisotopic (exact) mass is 406 g/mol. The third-order valence-corrected chi connectivity index (χ3v) is 4.31. The molecule has 0 saturated carbocycles. The molecular weight excluding hydrogens is 395 g/mol. The fourth-order valence-corrected chi connectivity index (χ4v) is 2.94. The molecule has 0 saturated heterocycles. The number of hydrogen-bond donors (Lipinski definition) is 0. The third-order valence-electron chi connectivity index (χ3n) is 3.90. The average molecular weight is 407 g/mol. The van der Waals surface area contributed by atoms with E-state index in [4.69, 9.17) is 37.1 Å². The van der Waals surface area contributed by atoms with Crippen LogP contribution in [0.25, 0.3) is 11.0 Å². The second-order valence-corrected chi connectivity index (χ2v) is 6.23. The minimum Gasteiger partial charge on any atom is -0.493 e. The van der Waals surface area contributed by atoms with E-state index in [2.05, 4.69) is 0 Å². The zero-order valence-electron chi connectivity index (χ0n) is 14.2. The van der Waals surface area contributed by atoms with Crippen molar-refractivity contribution < 1.29 is 23.5 Å². The van der Waals surface area contributed by atoms with Crippen LogP contribution in [0.15, 0.2) is 45.6 Å². The van der Waals surface area contributed by atoms with E-state index >= 15 is 0 Å². The van der Waals surface area contributed by atoms with Crippen LogP contribution < -0.4 is 14.9 Å². The van der Waals surface area contributed by atoms with Gasteiger partial charge in [-0.15, -0.1) is 0 Å². The molecule has 0 N–H and O–H groups in total. The highest BCUT2D eigenvalue weighted by Gasteiger charge is 2.26. The second-order valence-electron chi connectivity index (χ2n) is 5.45. The highest BCUT2D eigenvalue weighted by Crippen LogP contribution is 2.29. The third kappa shape index (κ3) is 3.41. The SMILES string of the molecule is COc1ccc(C(=O)c2c(C(=O)Cl)oc3ccc(Cl)cc3c2=O)cc1OC. The van der Waals surface area contributed by atoms with Gasteiger partial charge in [0.15, 0.2) is 11.5 Å². The molecule has 0 aliphatic heterocycles. The number of benzene rings is 2. The Morgan fingerprint density at radius 1 is 1.00 bits per heavy atom. The highest BCUT2D eigenvalue weighted by atomic mass is 35.5. The summed E-state index contributed by atoms with van der Waals surface area (Å²) in [6.07, 6.45) is 0. The summed E-state index contributed by atoms with van der Waals surface area (Å²) in [7, 11) is 2.86. The summed E-state index contributed by atoms with van der Waals surface area (Å²) in [5.74, 6) is -0.581. The molecule has 138 valence electrons. The first-order valence-electron chi connectivity index (χ1n) is 7.60. The van der Waals surface area contributed by atoms with Crippen LogP contribution in [0.2, 0.25) is 5.02 Å². The Balaban J connectivity index is 2.28. The number of carbonyl (C=O) groups excluding carboxylic acids is 2. The van der Waals surface area contributed by atoms with Crippen molar-refractivity contribution in [3.05, 3.63) is 68.5 Å². The van der Waals surface area contributed by atoms with Crippen molar-refractivity contribution in [2.24, 2.45) is 0 Å². The van der Waals surface area contributed by atoms with Gasteiger partial charge in [-0.3, -0.25) is 14.4 Å². The summed E-state index contributed by atoms with van der Waals surface area (Å²) in [4.78, 5) is 37.7. The number of carbonyl (C=O) groups is 2. The van der Waals surface area contributed by atoms with E-state index in [0.29, 0.717) is 5.75 Å². The first kappa shape index (κ1) is 18.9. The Hall–Kier alpha value is -2.83. The van der Waals surface area contributed by atoms with Crippen molar-refractivity contribution in [3.63, 3.8) is 0 Å². The summed E-state index contributed by atoms with van der Waals surface area (Å²) in [6, 6.07) is 8.61. The van der Waals surface area contributed by atoms with Crippen LogP contribution in [0.4, 0.5) is 0 Å². The predicted octanol–water partition coefficient (Wildman–Crippen LogP) is 4.07. The molecule has 0 spiro atoms. The van der Waals surface area contributed by atoms with E-state index in [9.17, 15) is 14.4 Å². The summed E-state index contributed by atoms with van der Waals surface area (Å²) in [6.45, 7) is 0. The Bertz CT molecular complexity index is 1130. The number of fused-ring (bicyclic) bond motifs is 1. The van der Waals surface area contributed by atoms with Crippen molar-refractivity contribution in [1.82, 2.24) is 0 Å². The maximum absolute atomic E-state index is 13.0. The molecule has 8 heteroatoms. The van der Waals surface area contributed by atoms with E-state index in [1.54, 1.807) is 0 Å². The van der Waals surface area contributed by atoms with Gasteiger partial charge >= 0.3 is 0 Å². The molecule has 0 aliphatic rings. The van der Waals surface area contributed by atoms with E-state index in [0.717, 1.165) is 0 Å². The topological polar surface area (TPSA) is 82.8 Å². The second kappa shape index (κ2) is 7.42. The number of ketones is 1. The lowest BCUT2D eigenvalue weighted by molar-refractivity contribution is 0.100. The maximum Gasteiger partial charge on any atom is 0.288 e. The first-order valence-corrected chi connectivity index (χ1v) is 8.36. The van der Waals surface area contributed by atoms with E-state index < -0.39 is 27.8 Å². The van der Waals surface area contributed by atoms with E-state index in [-0.39, 0.29) is 27.3 Å². The molecule has 3 aromatic rings. The molecule has 1 heterocycles. The van der Waals surface area contributed by atoms with Gasteiger partial charge in [-0.25, -0.2) is 0 Å². The summed E-state index contributed by atoms with van der Waals surface area (Å²) in [5.41, 5.74) is -0.989. The largest absolute Gasteiger partial charge is 0.493 e. The van der Waals surface area contributed by atoms with Crippen LogP contribution >= 0.6 is 23.2 Å². The average Bonchev–Trinajstić information content (AvgIpc) is 2.67. The number of methoxy groups -OCH3 is 2. The fourth-order valence-electron chi connectivity index (χ4n) is 2.63. The zero-order valence-corrected chi connectivity index (χ0v) is 15.7. The molecule has 3 rings (SSSR count). The van der Waals surface area contributed by atoms with Crippen LogP contribution in [0.3, 0.4) is 0 Å². The van der Waals surface area contributed by atoms with Crippen molar-refractivity contribution in [1.29, 1.82) is 0 Å². The molecule has 0 radical (unpaired) electrons. The van der Waals surface area contributed by atoms with Gasteiger partial charge in [0.1, 0.15) is 11.1 Å². The van der Waals surface area contributed by atoms with Gasteiger partial charge in [0.05, 0.1) is 19.6 Å². The van der Waals surface area contributed by atoms with E-state index in [1.165, 1.54) is 50.6 Å². The molecule has 1 aromatic heterocycles. The van der Waals surface area contributed by atoms with Gasteiger partial charge in [0.25, 0.3) is 5.24 Å². The number of hydrogen-bond acceptors (Lipinski definition) is 6. The van der Waals surface area contributed by atoms with Crippen molar-refractivity contribution >= 4 is 45.2 Å². The number of halogens is 2. The van der Waals surface area contributed by atoms with Crippen molar-refractivity contribution in [2.75, 3.05) is 14.2 Å². The normalized spacial score (nSPS) is 10.7. The van der Waals surface area contributed by atoms with Crippen LogP contribution in [0.5, 0.6) is 11.5 Å². The number of ether oxygens (including phenoxy) is 2. The number of rotatable bonds is 5. The molecule has 0 fully saturated rings. The zero-order chi connectivity index (χ0) is 19.7. The van der Waals surface area contributed by atoms with Crippen molar-refractivity contribution in [2.45, 2.75) is 0 Å². The Kier molecular flexibility index (Phi) is 5.21. The minimum atomic E-state index is -1.06. The molecule has 2 aromatic carbocycles. The van der Waals surface area contributed by atoms with E-state index in [1.807, 2.05) is 0 Å². The Labute approximate surface area is 163 Å². The fraction of sp³-hybridized carbons (Fsp3) is 0.105. The van der Waals surface area contributed by atoms with Crippen LogP contribution in [-0.4, -0.2) is 25.2 Å². The standard InChI is InChI=1S/C19H12Cl2O6/c1-25-13-5-3-9(7-14(13)26-2)16(22)15-17(23)11-8-10(20)4-6-12(11)27-18(15)19(21)24/h3-8H,1-2H3. The molecule has 0 unspecified atom stereocenters. The van der Waals surface area contributed by atoms with Gasteiger partial charge in [0, 0.05) is 10.6 Å². The van der Waals surface area contributed by atoms with Gasteiger partial charge in [-0.05, 0) is 48.0 Å². The predicted molar refractivity (Wildman–Crippen MR) is 101 cm³/mol. The highest BCUT2D eigenvalue weighted by molar-refractivity contribution is 6.67. The molecular formula is C19H12Cl2O6. The molecule has 27 heavy (non-hydrogen) atoms. The lowest BCUT2D eigenvalue weighted by Gasteiger charge is -2.10. The van der Waals surface area contributed by atoms with Gasteiger partial charge < -0.3 is 13.9 Å². The maximum atomic E-state index is 13.0. The lowest BCUT2D eigenvalue weighted by Crippen LogP contribution is -2.20. The smallest absolute Gasteiger partial charge is 0.288 e. The molecule has 0 aliphatic carbocycles. The Morgan fingerprint density at radius 2 is 1.70 bits per heavy atom. The van der Waals surface area contributed by atoms with Gasteiger partial charge in [-0.2, -0.15) is 0 Å². The molecule has 0 amide bonds. The Morgan fingerprint density at radius 3 is 2.33 bits per heavy atom. The lowest BCUT2D eigenvalue weighted by atomic mass is 10.00. The summed E-state index contributed by atoms with van der Waals surface area (Å²) in [5, 5.41) is -0.718. The molecule has 6 nitrogen and oxygen atoms in total. The summed E-state index contributed by atoms with van der Waals surface area (Å²) >= 11 is 11.5. The minimum absolute atomic E-state index is 0.0630. The van der Waals surface area contributed by atoms with Crippen LogP contribution in [0.1, 0.15) is 26.5 Å². The van der Waals surface area contributed by atoms with Crippen LogP contribution in [-0.2, 0) is 0 Å². The summed E-state index contributed by atoms with van der Waals surface area (Å²) < 4.78 is 15.7. The first-order chi connectivity index (χ1) is 12.9. The van der Waals surface area contributed by atoms with Crippen molar-refractivity contribution in [3.8, 4) is 11.5 Å². The molecule has 0 bridgehead atoms. The van der Waals surface area contributed by atoms with Crippen LogP contribution in [0, 0.1) is 0 Å². The van der Waals surface area contributed by atoms with Gasteiger partial charge in [0.2, 0.25) is 17.0 Å². The quantitative estimate of drug-likeness (QED) is 0.468. The van der Waals surface area contributed by atoms with Gasteiger partial charge in [-0.1, -0.05) is 11.6 Å². The molecule has 0 atom stereocenters.